The van der Waals surface area contributed by atoms with Gasteiger partial charge in [0.1, 0.15) is 0 Å². The molecule has 0 N–H and O–H groups in total. The molecule has 0 aliphatic heterocycles. The van der Waals surface area contributed by atoms with E-state index >= 15 is 0 Å². The van der Waals surface area contributed by atoms with Crippen molar-refractivity contribution in [3.63, 3.8) is 0 Å². The third-order valence-corrected chi connectivity index (χ3v) is 2.71. The Morgan fingerprint density at radius 2 is 1.19 bits per heavy atom. The van der Waals surface area contributed by atoms with Crippen molar-refractivity contribution in [3.05, 3.63) is 59.7 Å². The highest BCUT2D eigenvalue weighted by molar-refractivity contribution is 5.76. The zero-order valence-corrected chi connectivity index (χ0v) is 10.3. The summed E-state index contributed by atoms with van der Waals surface area (Å²) in [5.41, 5.74) is 5.75. The molecule has 1 aliphatic rings. The first kappa shape index (κ1) is 10.9. The molecule has 2 aromatic rings. The number of hydrogen-bond donors (Lipinski definition) is 0. The van der Waals surface area contributed by atoms with Crippen molar-refractivity contribution in [1.82, 2.24) is 0 Å². The van der Waals surface area contributed by atoms with Gasteiger partial charge in [0.25, 0.3) is 0 Å². The van der Waals surface area contributed by atoms with Gasteiger partial charge in [-0.1, -0.05) is 69.8 Å². The molecule has 0 heteroatoms. The van der Waals surface area contributed by atoms with E-state index in [1.54, 1.807) is 0 Å². The maximum Gasteiger partial charge on any atom is 0.0194 e. The Labute approximate surface area is 100 Å². The van der Waals surface area contributed by atoms with E-state index < -0.39 is 0 Å². The summed E-state index contributed by atoms with van der Waals surface area (Å²) in [5, 5.41) is 0. The minimum Gasteiger partial charge on any atom is -0.0776 e. The molecule has 84 valence electrons. The minimum atomic E-state index is 1.10. The first-order valence-electron chi connectivity index (χ1n) is 6.61. The van der Waals surface area contributed by atoms with Crippen LogP contribution in [0.15, 0.2) is 48.5 Å². The molecule has 3 rings (SSSR count). The van der Waals surface area contributed by atoms with Crippen LogP contribution in [0.25, 0.3) is 11.1 Å². The molecule has 0 unspecified atom stereocenters. The minimum absolute atomic E-state index is 1.10. The van der Waals surface area contributed by atoms with Crippen molar-refractivity contribution in [1.29, 1.82) is 0 Å². The Morgan fingerprint density at radius 1 is 0.812 bits per heavy atom. The van der Waals surface area contributed by atoms with Crippen molar-refractivity contribution in [3.8, 4) is 11.1 Å². The van der Waals surface area contributed by atoms with Crippen LogP contribution in [-0.2, 0) is 6.42 Å². The lowest BCUT2D eigenvalue weighted by Crippen LogP contribution is -1.77. The fourth-order valence-corrected chi connectivity index (χ4v) is 2.08. The van der Waals surface area contributed by atoms with Crippen molar-refractivity contribution in [2.24, 2.45) is 0 Å². The number of benzene rings is 2. The van der Waals surface area contributed by atoms with Crippen LogP contribution in [0.3, 0.4) is 0 Å². The maximum atomic E-state index is 5.75. The Hall–Kier alpha value is -1.56. The zero-order chi connectivity index (χ0) is 12.7. The highest BCUT2D eigenvalue weighted by Gasteiger charge is 2.15. The Bertz CT molecular complexity index is 417. The van der Waals surface area contributed by atoms with E-state index in [0.717, 1.165) is 6.42 Å². The fourth-order valence-electron chi connectivity index (χ4n) is 2.08. The average Bonchev–Trinajstić information content (AvgIpc) is 2.82. The molecule has 0 spiro atoms. The monoisotopic (exact) mass is 214 g/mol. The van der Waals surface area contributed by atoms with Crippen LogP contribution in [0.1, 0.15) is 33.7 Å². The Kier molecular flexibility index (Phi) is 3.76. The van der Waals surface area contributed by atoms with Crippen LogP contribution >= 0.6 is 0 Å². The Balaban J connectivity index is 0.000000330. The first-order chi connectivity index (χ1) is 8.45. The van der Waals surface area contributed by atoms with E-state index in [1.807, 2.05) is 13.8 Å². The van der Waals surface area contributed by atoms with Gasteiger partial charge in [-0.2, -0.15) is 0 Å². The first-order valence-corrected chi connectivity index (χ1v) is 5.61. The standard InChI is InChI=1S/C13H10.C2H6.CH4/c1-3-7-12-10(5-1)9-11-6-2-4-8-13(11)12;1-2;/h1-8H,9H2;1-2H3;1H4/i;;1T. The third-order valence-electron chi connectivity index (χ3n) is 2.71. The van der Waals surface area contributed by atoms with Gasteiger partial charge >= 0.3 is 0 Å². The van der Waals surface area contributed by atoms with Crippen LogP contribution in [0.4, 0.5) is 0 Å². The number of rotatable bonds is 0. The summed E-state index contributed by atoms with van der Waals surface area (Å²) in [5.74, 6) is 0. The molecule has 0 amide bonds. The maximum absolute atomic E-state index is 5.75. The van der Waals surface area contributed by atoms with E-state index in [0.29, 0.717) is 0 Å². The van der Waals surface area contributed by atoms with Crippen LogP contribution in [0.2, 0.25) is 0 Å². The molecule has 0 bridgehead atoms. The Morgan fingerprint density at radius 3 is 1.62 bits per heavy atom. The molecule has 0 aromatic heterocycles. The second kappa shape index (κ2) is 5.50. The summed E-state index contributed by atoms with van der Waals surface area (Å²) in [4.78, 5) is 0. The summed E-state index contributed by atoms with van der Waals surface area (Å²) in [6.07, 6.45) is 1.10. The van der Waals surface area contributed by atoms with Crippen molar-refractivity contribution in [2.45, 2.75) is 27.7 Å². The summed E-state index contributed by atoms with van der Waals surface area (Å²) in [6, 6.07) is 17.3. The van der Waals surface area contributed by atoms with Crippen molar-refractivity contribution < 1.29 is 1.37 Å². The predicted octanol–water partition coefficient (Wildman–Crippen LogP) is 4.92. The smallest absolute Gasteiger partial charge is 0.0194 e. The summed E-state index contributed by atoms with van der Waals surface area (Å²) in [7, 11) is 1.25. The van der Waals surface area contributed by atoms with Gasteiger partial charge in [0.05, 0.1) is 0 Å². The number of hydrogen-bond acceptors (Lipinski definition) is 0. The molecule has 0 heterocycles. The third kappa shape index (κ3) is 2.01. The molecule has 0 atom stereocenters. The highest BCUT2D eigenvalue weighted by Crippen LogP contribution is 2.35. The van der Waals surface area contributed by atoms with Crippen LogP contribution in [0, 0.1) is 0 Å². The SMILES string of the molecule is CC.[3H]C.c1ccc2c(c1)Cc1ccccc1-2. The zero-order valence-electron chi connectivity index (χ0n) is 11.3. The lowest BCUT2D eigenvalue weighted by Gasteiger charge is -1.98. The van der Waals surface area contributed by atoms with E-state index in [-0.39, 0.29) is 0 Å². The molecule has 0 saturated heterocycles. The van der Waals surface area contributed by atoms with Gasteiger partial charge in [0.15, 0.2) is 0 Å². The van der Waals surface area contributed by atoms with Gasteiger partial charge in [-0.3, -0.25) is 0 Å². The summed E-state index contributed by atoms with van der Waals surface area (Å²) >= 11 is 0. The molecule has 0 saturated carbocycles. The van der Waals surface area contributed by atoms with Crippen LogP contribution in [0.5, 0.6) is 0 Å². The molecule has 0 nitrogen and oxygen atoms in total. The molecular formula is C16H20. The number of fused-ring (bicyclic) bond motifs is 3. The van der Waals surface area contributed by atoms with Crippen molar-refractivity contribution in [2.75, 3.05) is 0 Å². The normalized spacial score (nSPS) is 10.8. The van der Waals surface area contributed by atoms with Crippen LogP contribution < -0.4 is 0 Å². The molecule has 1 aliphatic carbocycles. The molecular weight excluding hydrogens is 192 g/mol. The highest BCUT2D eigenvalue weighted by atomic mass is 14.2. The van der Waals surface area contributed by atoms with Gasteiger partial charge in [-0.05, 0) is 28.7 Å². The second-order valence-electron chi connectivity index (χ2n) is 3.49. The van der Waals surface area contributed by atoms with Gasteiger partial charge in [-0.15, -0.1) is 0 Å². The molecule has 16 heavy (non-hydrogen) atoms. The van der Waals surface area contributed by atoms with Crippen molar-refractivity contribution >= 4 is 0 Å². The average molecular weight is 214 g/mol. The molecule has 2 aromatic carbocycles. The van der Waals surface area contributed by atoms with E-state index in [4.69, 9.17) is 1.37 Å². The lowest BCUT2D eigenvalue weighted by molar-refractivity contribution is 1.26. The largest absolute Gasteiger partial charge is 0.0776 e. The van der Waals surface area contributed by atoms with Crippen LogP contribution in [-0.4, -0.2) is 0 Å². The van der Waals surface area contributed by atoms with Gasteiger partial charge < -0.3 is 0 Å². The quantitative estimate of drug-likeness (QED) is 0.498. The van der Waals surface area contributed by atoms with Gasteiger partial charge in [-0.25, -0.2) is 0 Å². The molecule has 0 fully saturated rings. The van der Waals surface area contributed by atoms with E-state index in [9.17, 15) is 0 Å². The predicted molar refractivity (Wildman–Crippen MR) is 72.8 cm³/mol. The van der Waals surface area contributed by atoms with Gasteiger partial charge in [0, 0.05) is 1.37 Å². The topological polar surface area (TPSA) is 0 Å². The molecule has 0 radical (unpaired) electrons. The summed E-state index contributed by atoms with van der Waals surface area (Å²) in [6.45, 7) is 4.00. The fraction of sp³-hybridized carbons (Fsp3) is 0.250. The second-order valence-corrected chi connectivity index (χ2v) is 3.49. The van der Waals surface area contributed by atoms with E-state index in [1.165, 1.54) is 29.7 Å². The van der Waals surface area contributed by atoms with Gasteiger partial charge in [0.2, 0.25) is 0 Å². The lowest BCUT2D eigenvalue weighted by atomic mass is 10.1. The van der Waals surface area contributed by atoms with E-state index in [2.05, 4.69) is 48.5 Å². The summed E-state index contributed by atoms with van der Waals surface area (Å²) < 4.78 is 5.75.